The molecule has 2 fully saturated rings. The number of rotatable bonds is 52. The lowest BCUT2D eigenvalue weighted by molar-refractivity contribution is -0.332. The summed E-state index contributed by atoms with van der Waals surface area (Å²) in [5.74, 6) is -0.943. The Kier molecular flexibility index (Phi) is 45.3. The van der Waals surface area contributed by atoms with Gasteiger partial charge in [0.05, 0.1) is 19.8 Å². The van der Waals surface area contributed by atoms with Gasteiger partial charge in [-0.15, -0.1) is 0 Å². The Morgan fingerprint density at radius 1 is 0.403 bits per heavy atom. The monoisotopic (exact) mass is 1100 g/mol. The fourth-order valence-corrected chi connectivity index (χ4v) is 10.3. The molecule has 0 spiro atoms. The summed E-state index contributed by atoms with van der Waals surface area (Å²) in [5.41, 5.74) is 0. The predicted octanol–water partition coefficient (Wildman–Crippen LogP) is 11.7. The third kappa shape index (κ3) is 35.7. The largest absolute Gasteiger partial charge is 0.462 e. The molecule has 454 valence electrons. The first-order valence-corrected chi connectivity index (χ1v) is 31.8. The van der Waals surface area contributed by atoms with Gasteiger partial charge < -0.3 is 64.2 Å². The number of carbonyl (C=O) groups excluding carboxylic acids is 2. The Morgan fingerprint density at radius 2 is 0.753 bits per heavy atom. The number of unbranched alkanes of at least 4 members (excludes halogenated alkanes) is 36. The van der Waals surface area contributed by atoms with Gasteiger partial charge in [-0.3, -0.25) is 9.59 Å². The molecule has 4 unspecified atom stereocenters. The molecule has 15 heteroatoms. The van der Waals surface area contributed by atoms with Crippen molar-refractivity contribution in [2.24, 2.45) is 0 Å². The fraction of sp³-hybridized carbons (Fsp3) is 0.935. The van der Waals surface area contributed by atoms with Crippen LogP contribution in [-0.4, -0.2) is 142 Å². The van der Waals surface area contributed by atoms with Crippen molar-refractivity contribution in [2.45, 2.75) is 345 Å². The van der Waals surface area contributed by atoms with Gasteiger partial charge in [-0.25, -0.2) is 0 Å². The molecule has 0 aromatic heterocycles. The van der Waals surface area contributed by atoms with Gasteiger partial charge in [-0.2, -0.15) is 0 Å². The second-order valence-electron chi connectivity index (χ2n) is 22.6. The van der Waals surface area contributed by atoms with Crippen LogP contribution >= 0.6 is 0 Å². The van der Waals surface area contributed by atoms with Gasteiger partial charge >= 0.3 is 11.9 Å². The molecular formula is C62H116O15. The summed E-state index contributed by atoms with van der Waals surface area (Å²) < 4.78 is 33.7. The zero-order valence-electron chi connectivity index (χ0n) is 48.7. The standard InChI is InChI=1S/C62H116O15/c1-3-5-7-9-11-13-15-17-19-21-23-24-25-26-27-29-30-32-34-36-38-40-42-44-53(64)72-47-50(75-54(65)45-43-41-39-37-35-33-31-28-22-20-18-16-14-12-10-8-6-4-2)48-73-61-60(71)58(69)56(67)52(77-61)49-74-62-59(70)57(68)55(66)51(46-63)76-62/h36,38,50-52,55-63,66-71H,3-35,37,39-49H2,1-2H3/b38-36+/t50-,51+,52+,55-,56-,57?,58?,59?,60?,61+,62+/m0/s1. The maximum absolute atomic E-state index is 13.1. The first-order valence-electron chi connectivity index (χ1n) is 31.8. The minimum absolute atomic E-state index is 0.167. The first kappa shape index (κ1) is 71.3. The second-order valence-corrected chi connectivity index (χ2v) is 22.6. The van der Waals surface area contributed by atoms with E-state index in [2.05, 4.69) is 26.0 Å². The topological polar surface area (TPSA) is 231 Å². The van der Waals surface area contributed by atoms with Gasteiger partial charge in [0, 0.05) is 12.8 Å². The molecule has 0 amide bonds. The summed E-state index contributed by atoms with van der Waals surface area (Å²) in [6, 6.07) is 0. The Morgan fingerprint density at radius 3 is 1.18 bits per heavy atom. The molecule has 2 aliphatic heterocycles. The first-order chi connectivity index (χ1) is 37.5. The third-order valence-electron chi connectivity index (χ3n) is 15.5. The fourth-order valence-electron chi connectivity index (χ4n) is 10.3. The average Bonchev–Trinajstić information content (AvgIpc) is 3.43. The lowest BCUT2D eigenvalue weighted by Gasteiger charge is -2.42. The van der Waals surface area contributed by atoms with Crippen molar-refractivity contribution >= 4 is 11.9 Å². The van der Waals surface area contributed by atoms with Crippen LogP contribution in [-0.2, 0) is 38.0 Å². The van der Waals surface area contributed by atoms with Crippen molar-refractivity contribution in [2.75, 3.05) is 26.4 Å². The normalized spacial score (nSPS) is 24.2. The number of ether oxygens (including phenoxy) is 6. The van der Waals surface area contributed by atoms with Gasteiger partial charge in [0.1, 0.15) is 55.4 Å². The SMILES string of the molecule is CCCCCCCCCCCCCCCCCCCC/C=C/CCCC(=O)OC[C@@H](CO[C@@H]1O[C@H](CO[C@@H]2O[C@H](CO)[C@H](O)C(O)C2O)[C@H](O)C(O)C1O)OC(=O)CCCCCCCCCCCCCCCCCCCC. The predicted molar refractivity (Wildman–Crippen MR) is 303 cm³/mol. The highest BCUT2D eigenvalue weighted by Crippen LogP contribution is 2.27. The van der Waals surface area contributed by atoms with E-state index in [4.69, 9.17) is 28.4 Å². The number of esters is 2. The van der Waals surface area contributed by atoms with Crippen LogP contribution in [0.3, 0.4) is 0 Å². The molecule has 0 bridgehead atoms. The van der Waals surface area contributed by atoms with E-state index in [9.17, 15) is 45.3 Å². The van der Waals surface area contributed by atoms with Crippen LogP contribution in [0.5, 0.6) is 0 Å². The van der Waals surface area contributed by atoms with E-state index in [0.29, 0.717) is 12.8 Å². The van der Waals surface area contributed by atoms with E-state index >= 15 is 0 Å². The number of hydrogen-bond acceptors (Lipinski definition) is 15. The molecule has 11 atom stereocenters. The Labute approximate surface area is 467 Å². The molecule has 77 heavy (non-hydrogen) atoms. The van der Waals surface area contributed by atoms with E-state index in [1.807, 2.05) is 0 Å². The molecule has 2 saturated heterocycles. The Bertz CT molecular complexity index is 1390. The molecule has 7 N–H and O–H groups in total. The van der Waals surface area contributed by atoms with Crippen LogP contribution in [0.25, 0.3) is 0 Å². The number of allylic oxidation sites excluding steroid dienone is 2. The zero-order chi connectivity index (χ0) is 56.0. The molecule has 2 heterocycles. The van der Waals surface area contributed by atoms with Crippen molar-refractivity contribution in [3.8, 4) is 0 Å². The molecular weight excluding hydrogens is 985 g/mol. The molecule has 0 aromatic rings. The lowest BCUT2D eigenvalue weighted by Crippen LogP contribution is -2.61. The van der Waals surface area contributed by atoms with Crippen molar-refractivity contribution in [3.63, 3.8) is 0 Å². The van der Waals surface area contributed by atoms with E-state index in [1.165, 1.54) is 199 Å². The third-order valence-corrected chi connectivity index (χ3v) is 15.5. The maximum atomic E-state index is 13.1. The second kappa shape index (κ2) is 48.9. The van der Waals surface area contributed by atoms with Crippen LogP contribution in [0.1, 0.15) is 277 Å². The minimum atomic E-state index is -1.77. The van der Waals surface area contributed by atoms with E-state index in [0.717, 1.165) is 38.5 Å². The summed E-state index contributed by atoms with van der Waals surface area (Å²) in [4.78, 5) is 25.9. The van der Waals surface area contributed by atoms with E-state index in [-0.39, 0.29) is 26.1 Å². The van der Waals surface area contributed by atoms with E-state index < -0.39 is 92.7 Å². The quantitative estimate of drug-likeness (QED) is 0.0171. The Balaban J connectivity index is 1.71. The summed E-state index contributed by atoms with van der Waals surface area (Å²) in [5, 5.41) is 72.4. The van der Waals surface area contributed by atoms with Crippen molar-refractivity contribution in [3.05, 3.63) is 12.2 Å². The molecule has 2 aliphatic rings. The van der Waals surface area contributed by atoms with Crippen molar-refractivity contribution in [1.82, 2.24) is 0 Å². The highest BCUT2D eigenvalue weighted by atomic mass is 16.7. The highest BCUT2D eigenvalue weighted by molar-refractivity contribution is 5.70. The maximum Gasteiger partial charge on any atom is 0.306 e. The van der Waals surface area contributed by atoms with Crippen LogP contribution < -0.4 is 0 Å². The Hall–Kier alpha value is -1.76. The minimum Gasteiger partial charge on any atom is -0.462 e. The summed E-state index contributed by atoms with van der Waals surface area (Å²) in [6.45, 7) is 2.64. The molecule has 2 rings (SSSR count). The van der Waals surface area contributed by atoms with Gasteiger partial charge in [0.25, 0.3) is 0 Å². The van der Waals surface area contributed by atoms with Crippen LogP contribution in [0, 0.1) is 0 Å². The zero-order valence-corrected chi connectivity index (χ0v) is 48.7. The van der Waals surface area contributed by atoms with Gasteiger partial charge in [-0.1, -0.05) is 244 Å². The number of carbonyl (C=O) groups is 2. The summed E-state index contributed by atoms with van der Waals surface area (Å²) in [6.07, 6.45) is 36.7. The van der Waals surface area contributed by atoms with Crippen molar-refractivity contribution in [1.29, 1.82) is 0 Å². The molecule has 0 radical (unpaired) electrons. The van der Waals surface area contributed by atoms with Gasteiger partial charge in [0.2, 0.25) is 0 Å². The van der Waals surface area contributed by atoms with Crippen LogP contribution in [0.15, 0.2) is 12.2 Å². The van der Waals surface area contributed by atoms with Gasteiger partial charge in [0.15, 0.2) is 18.7 Å². The summed E-state index contributed by atoms with van der Waals surface area (Å²) in [7, 11) is 0. The molecule has 0 saturated carbocycles. The van der Waals surface area contributed by atoms with E-state index in [1.54, 1.807) is 0 Å². The molecule has 15 nitrogen and oxygen atoms in total. The lowest BCUT2D eigenvalue weighted by atomic mass is 9.98. The van der Waals surface area contributed by atoms with Crippen LogP contribution in [0.2, 0.25) is 0 Å². The van der Waals surface area contributed by atoms with Crippen molar-refractivity contribution < 1.29 is 73.8 Å². The average molecular weight is 1100 g/mol. The smallest absolute Gasteiger partial charge is 0.306 e. The number of aliphatic hydroxyl groups excluding tert-OH is 7. The summed E-state index contributed by atoms with van der Waals surface area (Å²) >= 11 is 0. The molecule has 0 aromatic carbocycles. The number of aliphatic hydroxyl groups is 7. The number of hydrogen-bond donors (Lipinski definition) is 7. The molecule has 0 aliphatic carbocycles. The van der Waals surface area contributed by atoms with Gasteiger partial charge in [-0.05, 0) is 32.1 Å². The van der Waals surface area contributed by atoms with Crippen LogP contribution in [0.4, 0.5) is 0 Å². The highest BCUT2D eigenvalue weighted by Gasteiger charge is 2.47.